The van der Waals surface area contributed by atoms with Gasteiger partial charge in [-0.25, -0.2) is 0 Å². The summed E-state index contributed by atoms with van der Waals surface area (Å²) in [6, 6.07) is 0. The summed E-state index contributed by atoms with van der Waals surface area (Å²) in [7, 11) is 0. The van der Waals surface area contributed by atoms with Crippen LogP contribution < -0.4 is 0 Å². The molecule has 0 saturated heterocycles. The summed E-state index contributed by atoms with van der Waals surface area (Å²) in [6.45, 7) is 0. The van der Waals surface area contributed by atoms with E-state index in [1.807, 2.05) is 5.38 Å². The van der Waals surface area contributed by atoms with Crippen LogP contribution in [0.25, 0.3) is 0 Å². The highest BCUT2D eigenvalue weighted by Gasteiger charge is 2.31. The van der Waals surface area contributed by atoms with Crippen molar-refractivity contribution >= 4 is 17.8 Å². The van der Waals surface area contributed by atoms with Gasteiger partial charge in [-0.15, -0.1) is 5.10 Å². The largest absolute Gasteiger partial charge is 0.303 e. The molecule has 1 saturated carbocycles. The van der Waals surface area contributed by atoms with Gasteiger partial charge in [-0.05, 0) is 24.4 Å². The van der Waals surface area contributed by atoms with Crippen LogP contribution in [0.3, 0.4) is 0 Å². The van der Waals surface area contributed by atoms with Crippen molar-refractivity contribution in [2.24, 2.45) is 5.41 Å². The molecule has 1 aromatic heterocycles. The quantitative estimate of drug-likeness (QED) is 0.585. The lowest BCUT2D eigenvalue weighted by Crippen LogP contribution is -2.25. The molecule has 0 unspecified atom stereocenters. The maximum Gasteiger partial charge on any atom is 0.126 e. The number of aldehydes is 1. The first-order valence-electron chi connectivity index (χ1n) is 5.57. The minimum atomic E-state index is -0.147. The summed E-state index contributed by atoms with van der Waals surface area (Å²) >= 11 is 1.37. The first-order chi connectivity index (χ1) is 7.35. The molecule has 2 rings (SSSR count). The number of aromatic nitrogens is 2. The molecule has 1 aromatic rings. The Morgan fingerprint density at radius 1 is 1.33 bits per heavy atom. The molecular formula is C11H16N2OS. The highest BCUT2D eigenvalue weighted by Crippen LogP contribution is 2.35. The summed E-state index contributed by atoms with van der Waals surface area (Å²) in [5, 5.41) is 6.00. The lowest BCUT2D eigenvalue weighted by atomic mass is 9.78. The first-order valence-corrected chi connectivity index (χ1v) is 6.41. The lowest BCUT2D eigenvalue weighted by molar-refractivity contribution is -0.116. The molecule has 1 aliphatic carbocycles. The van der Waals surface area contributed by atoms with Gasteiger partial charge in [-0.2, -0.15) is 0 Å². The first kappa shape index (κ1) is 10.7. The fourth-order valence-electron chi connectivity index (χ4n) is 2.39. The maximum atomic E-state index is 11.3. The van der Waals surface area contributed by atoms with Gasteiger partial charge in [-0.1, -0.05) is 30.2 Å². The third kappa shape index (κ3) is 2.62. The van der Waals surface area contributed by atoms with Crippen molar-refractivity contribution in [3.8, 4) is 0 Å². The molecule has 1 heterocycles. The Morgan fingerprint density at radius 2 is 2.07 bits per heavy atom. The zero-order valence-electron chi connectivity index (χ0n) is 8.82. The minimum absolute atomic E-state index is 0.147. The van der Waals surface area contributed by atoms with E-state index in [0.29, 0.717) is 0 Å². The highest BCUT2D eigenvalue weighted by molar-refractivity contribution is 7.03. The van der Waals surface area contributed by atoms with Crippen LogP contribution in [0.1, 0.15) is 44.2 Å². The number of rotatable bonds is 3. The fourth-order valence-corrected chi connectivity index (χ4v) is 2.84. The molecule has 0 spiro atoms. The fraction of sp³-hybridized carbons (Fsp3) is 0.727. The second-order valence-corrected chi connectivity index (χ2v) is 5.08. The van der Waals surface area contributed by atoms with Crippen LogP contribution in [-0.2, 0) is 11.2 Å². The zero-order chi connectivity index (χ0) is 10.6. The monoisotopic (exact) mass is 224 g/mol. The third-order valence-corrected chi connectivity index (χ3v) is 3.84. The lowest BCUT2D eigenvalue weighted by Gasteiger charge is -2.24. The second-order valence-electron chi connectivity index (χ2n) is 4.47. The normalized spacial score (nSPS) is 20.8. The Bertz CT molecular complexity index is 302. The molecular weight excluding hydrogens is 208 g/mol. The van der Waals surface area contributed by atoms with E-state index >= 15 is 0 Å². The Kier molecular flexibility index (Phi) is 3.46. The van der Waals surface area contributed by atoms with Gasteiger partial charge in [-0.3, -0.25) is 0 Å². The van der Waals surface area contributed by atoms with Crippen LogP contribution in [0.15, 0.2) is 5.38 Å². The van der Waals surface area contributed by atoms with E-state index in [9.17, 15) is 4.79 Å². The van der Waals surface area contributed by atoms with Gasteiger partial charge < -0.3 is 4.79 Å². The van der Waals surface area contributed by atoms with Crippen molar-refractivity contribution in [2.45, 2.75) is 44.9 Å². The SMILES string of the molecule is O=CC1(Cc2csnn2)CCCCCC1. The van der Waals surface area contributed by atoms with Crippen LogP contribution in [0, 0.1) is 5.41 Å². The summed E-state index contributed by atoms with van der Waals surface area (Å²) in [6.07, 6.45) is 8.88. The van der Waals surface area contributed by atoms with Crippen LogP contribution in [0.2, 0.25) is 0 Å². The number of hydrogen-bond donors (Lipinski definition) is 0. The second kappa shape index (κ2) is 4.84. The Balaban J connectivity index is 2.09. The van der Waals surface area contributed by atoms with Gasteiger partial charge in [0.15, 0.2) is 0 Å². The molecule has 0 atom stereocenters. The van der Waals surface area contributed by atoms with Gasteiger partial charge in [0.1, 0.15) is 6.29 Å². The van der Waals surface area contributed by atoms with Gasteiger partial charge >= 0.3 is 0 Å². The average molecular weight is 224 g/mol. The molecule has 0 aliphatic heterocycles. The molecule has 82 valence electrons. The van der Waals surface area contributed by atoms with Crippen molar-refractivity contribution in [2.75, 3.05) is 0 Å². The van der Waals surface area contributed by atoms with E-state index in [1.165, 1.54) is 37.2 Å². The van der Waals surface area contributed by atoms with Crippen LogP contribution in [0.4, 0.5) is 0 Å². The van der Waals surface area contributed by atoms with Gasteiger partial charge in [0.25, 0.3) is 0 Å². The molecule has 1 aliphatic rings. The Hall–Kier alpha value is -0.770. The zero-order valence-corrected chi connectivity index (χ0v) is 9.63. The topological polar surface area (TPSA) is 42.9 Å². The third-order valence-electron chi connectivity index (χ3n) is 3.29. The summed E-state index contributed by atoms with van der Waals surface area (Å²) in [5.41, 5.74) is 0.834. The van der Waals surface area contributed by atoms with E-state index in [4.69, 9.17) is 0 Å². The predicted molar refractivity (Wildman–Crippen MR) is 59.8 cm³/mol. The van der Waals surface area contributed by atoms with Crippen LogP contribution >= 0.6 is 11.5 Å². The van der Waals surface area contributed by atoms with E-state index in [2.05, 4.69) is 9.59 Å². The smallest absolute Gasteiger partial charge is 0.126 e. The number of carbonyl (C=O) groups is 1. The van der Waals surface area contributed by atoms with Crippen molar-refractivity contribution in [1.29, 1.82) is 0 Å². The molecule has 0 aromatic carbocycles. The molecule has 0 N–H and O–H groups in total. The number of hydrogen-bond acceptors (Lipinski definition) is 4. The molecule has 1 fully saturated rings. The molecule has 15 heavy (non-hydrogen) atoms. The van der Waals surface area contributed by atoms with Gasteiger partial charge in [0, 0.05) is 17.2 Å². The van der Waals surface area contributed by atoms with Crippen LogP contribution in [0.5, 0.6) is 0 Å². The standard InChI is InChI=1S/C11H16N2OS/c14-9-11(5-3-1-2-4-6-11)7-10-8-15-13-12-10/h8-9H,1-7H2. The summed E-state index contributed by atoms with van der Waals surface area (Å²) < 4.78 is 3.85. The summed E-state index contributed by atoms with van der Waals surface area (Å²) in [5.74, 6) is 0. The molecule has 0 amide bonds. The highest BCUT2D eigenvalue weighted by atomic mass is 32.1. The average Bonchev–Trinajstić information content (AvgIpc) is 2.64. The van der Waals surface area contributed by atoms with Crippen LogP contribution in [-0.4, -0.2) is 15.9 Å². The number of nitrogens with zero attached hydrogens (tertiary/aromatic N) is 2. The van der Waals surface area contributed by atoms with Crippen molar-refractivity contribution in [3.05, 3.63) is 11.1 Å². The van der Waals surface area contributed by atoms with Crippen molar-refractivity contribution < 1.29 is 4.79 Å². The van der Waals surface area contributed by atoms with Gasteiger partial charge in [0.05, 0.1) is 5.69 Å². The number of carbonyl (C=O) groups excluding carboxylic acids is 1. The molecule has 3 nitrogen and oxygen atoms in total. The van der Waals surface area contributed by atoms with E-state index in [-0.39, 0.29) is 5.41 Å². The maximum absolute atomic E-state index is 11.3. The van der Waals surface area contributed by atoms with E-state index in [1.54, 1.807) is 0 Å². The van der Waals surface area contributed by atoms with Gasteiger partial charge in [0.2, 0.25) is 0 Å². The predicted octanol–water partition coefficient (Wildman–Crippen LogP) is 2.62. The van der Waals surface area contributed by atoms with Crippen molar-refractivity contribution in [3.63, 3.8) is 0 Å². The minimum Gasteiger partial charge on any atom is -0.303 e. The molecule has 0 radical (unpaired) electrons. The van der Waals surface area contributed by atoms with Crippen molar-refractivity contribution in [1.82, 2.24) is 9.59 Å². The molecule has 4 heteroatoms. The molecule has 0 bridgehead atoms. The Morgan fingerprint density at radius 3 is 2.60 bits per heavy atom. The van der Waals surface area contributed by atoms with E-state index in [0.717, 1.165) is 31.2 Å². The van der Waals surface area contributed by atoms with E-state index < -0.39 is 0 Å². The Labute approximate surface area is 94.1 Å². The summed E-state index contributed by atoms with van der Waals surface area (Å²) in [4.78, 5) is 11.3.